The van der Waals surface area contributed by atoms with Crippen LogP contribution in [0.1, 0.15) is 10.7 Å². The molecule has 1 rings (SSSR count). The first-order valence-electron chi connectivity index (χ1n) is 3.96. The van der Waals surface area contributed by atoms with Crippen LogP contribution in [0.2, 0.25) is 0 Å². The van der Waals surface area contributed by atoms with Crippen molar-refractivity contribution in [1.29, 1.82) is 0 Å². The Hall–Kier alpha value is -0.580. The van der Waals surface area contributed by atoms with E-state index < -0.39 is 11.9 Å². The van der Waals surface area contributed by atoms with Gasteiger partial charge < -0.3 is 11.5 Å². The molecule has 0 aromatic carbocycles. The second-order valence-corrected chi connectivity index (χ2v) is 3.62. The zero-order valence-electron chi connectivity index (χ0n) is 7.99. The molecule has 1 aromatic heterocycles. The maximum atomic E-state index is 12.1. The molecule has 0 aliphatic carbocycles. The van der Waals surface area contributed by atoms with Crippen molar-refractivity contribution in [1.82, 2.24) is 4.98 Å². The first-order valence-corrected chi connectivity index (χ1v) is 4.84. The predicted octanol–water partition coefficient (Wildman–Crippen LogP) is 1.60. The van der Waals surface area contributed by atoms with E-state index in [0.29, 0.717) is 11.4 Å². The van der Waals surface area contributed by atoms with E-state index in [1.54, 1.807) is 0 Å². The minimum absolute atomic E-state index is 0. The number of alkyl halides is 3. The monoisotopic (exact) mass is 366 g/mol. The Labute approximate surface area is 111 Å². The second kappa shape index (κ2) is 6.23. The fourth-order valence-electron chi connectivity index (χ4n) is 0.837. The van der Waals surface area contributed by atoms with E-state index in [-0.39, 0.29) is 36.5 Å². The Balaban J connectivity index is 0.00000225. The van der Waals surface area contributed by atoms with Crippen LogP contribution in [-0.2, 0) is 12.6 Å². The van der Waals surface area contributed by atoms with Crippen LogP contribution in [0.15, 0.2) is 10.4 Å². The maximum absolute atomic E-state index is 12.1. The fraction of sp³-hybridized carbons (Fsp3) is 0.429. The molecule has 1 aromatic rings. The third-order valence-electron chi connectivity index (χ3n) is 1.46. The minimum atomic E-state index is -4.38. The standard InChI is InChI=1S/C7H9F3N4S.HI/c8-7(9,10)4-3-15-5(14-4)1-2-13-6(11)12;/h3H,1-2H2,(H4,11,12,13);1H. The summed E-state index contributed by atoms with van der Waals surface area (Å²) in [7, 11) is 0. The smallest absolute Gasteiger partial charge is 0.370 e. The average Bonchev–Trinajstić information content (AvgIpc) is 2.51. The summed E-state index contributed by atoms with van der Waals surface area (Å²) in [6.45, 7) is 0.243. The average molecular weight is 366 g/mol. The molecule has 0 saturated carbocycles. The van der Waals surface area contributed by atoms with Gasteiger partial charge in [0.1, 0.15) is 0 Å². The number of nitrogens with zero attached hydrogens (tertiary/aromatic N) is 2. The number of aliphatic imine (C=N–C) groups is 1. The highest BCUT2D eigenvalue weighted by Gasteiger charge is 2.33. The van der Waals surface area contributed by atoms with Gasteiger partial charge >= 0.3 is 6.18 Å². The summed E-state index contributed by atoms with van der Waals surface area (Å²) in [5, 5.41) is 1.34. The Morgan fingerprint density at radius 1 is 1.44 bits per heavy atom. The lowest BCUT2D eigenvalue weighted by Crippen LogP contribution is -2.23. The van der Waals surface area contributed by atoms with E-state index in [1.807, 2.05) is 0 Å². The summed E-state index contributed by atoms with van der Waals surface area (Å²) >= 11 is 0.946. The number of hydrogen-bond acceptors (Lipinski definition) is 3. The van der Waals surface area contributed by atoms with Crippen molar-refractivity contribution in [3.05, 3.63) is 16.1 Å². The highest BCUT2D eigenvalue weighted by molar-refractivity contribution is 14.0. The van der Waals surface area contributed by atoms with Crippen LogP contribution >= 0.6 is 35.3 Å². The first-order chi connectivity index (χ1) is 6.89. The number of guanidine groups is 1. The number of thiazole rings is 1. The van der Waals surface area contributed by atoms with Gasteiger partial charge in [0.05, 0.1) is 5.01 Å². The van der Waals surface area contributed by atoms with E-state index in [2.05, 4.69) is 9.98 Å². The molecule has 0 amide bonds. The van der Waals surface area contributed by atoms with E-state index in [9.17, 15) is 13.2 Å². The predicted molar refractivity (Wildman–Crippen MR) is 66.9 cm³/mol. The second-order valence-electron chi connectivity index (χ2n) is 2.68. The molecule has 0 saturated heterocycles. The van der Waals surface area contributed by atoms with Gasteiger partial charge in [-0.1, -0.05) is 0 Å². The number of halogens is 4. The van der Waals surface area contributed by atoms with Gasteiger partial charge in [0.25, 0.3) is 0 Å². The van der Waals surface area contributed by atoms with Crippen LogP contribution in [-0.4, -0.2) is 17.5 Å². The lowest BCUT2D eigenvalue weighted by Gasteiger charge is -1.99. The van der Waals surface area contributed by atoms with Gasteiger partial charge in [-0.15, -0.1) is 35.3 Å². The Morgan fingerprint density at radius 3 is 2.50 bits per heavy atom. The van der Waals surface area contributed by atoms with Crippen LogP contribution in [0.3, 0.4) is 0 Å². The molecule has 0 aliphatic rings. The molecule has 0 fully saturated rings. The zero-order chi connectivity index (χ0) is 11.5. The quantitative estimate of drug-likeness (QED) is 0.485. The highest BCUT2D eigenvalue weighted by atomic mass is 127. The van der Waals surface area contributed by atoms with E-state index in [1.165, 1.54) is 0 Å². The third kappa shape index (κ3) is 4.96. The summed E-state index contributed by atoms with van der Waals surface area (Å²) in [6, 6.07) is 0. The molecule has 4 nitrogen and oxygen atoms in total. The molecule has 0 atom stereocenters. The van der Waals surface area contributed by atoms with Crippen molar-refractivity contribution in [3.8, 4) is 0 Å². The summed E-state index contributed by atoms with van der Waals surface area (Å²) < 4.78 is 36.4. The van der Waals surface area contributed by atoms with Crippen molar-refractivity contribution in [3.63, 3.8) is 0 Å². The SMILES string of the molecule is I.NC(N)=NCCc1nc(C(F)(F)F)cs1. The highest BCUT2D eigenvalue weighted by Crippen LogP contribution is 2.29. The molecule has 0 unspecified atom stereocenters. The van der Waals surface area contributed by atoms with Crippen LogP contribution in [0.4, 0.5) is 13.2 Å². The summed E-state index contributed by atoms with van der Waals surface area (Å²) in [5.74, 6) is -0.0809. The summed E-state index contributed by atoms with van der Waals surface area (Å²) in [6.07, 6.45) is -4.08. The molecule has 0 spiro atoms. The van der Waals surface area contributed by atoms with E-state index in [4.69, 9.17) is 11.5 Å². The lowest BCUT2D eigenvalue weighted by molar-refractivity contribution is -0.140. The van der Waals surface area contributed by atoms with Crippen molar-refractivity contribution in [2.75, 3.05) is 6.54 Å². The summed E-state index contributed by atoms with van der Waals surface area (Å²) in [5.41, 5.74) is 9.26. The molecule has 4 N–H and O–H groups in total. The number of rotatable bonds is 3. The topological polar surface area (TPSA) is 77.3 Å². The van der Waals surface area contributed by atoms with Crippen LogP contribution in [0, 0.1) is 0 Å². The third-order valence-corrected chi connectivity index (χ3v) is 2.37. The minimum Gasteiger partial charge on any atom is -0.370 e. The normalized spacial score (nSPS) is 10.7. The fourth-order valence-corrected chi connectivity index (χ4v) is 1.63. The van der Waals surface area contributed by atoms with Crippen molar-refractivity contribution >= 4 is 41.3 Å². The van der Waals surface area contributed by atoms with Crippen LogP contribution in [0.25, 0.3) is 0 Å². The van der Waals surface area contributed by atoms with Gasteiger partial charge in [0.15, 0.2) is 11.7 Å². The summed E-state index contributed by atoms with van der Waals surface area (Å²) in [4.78, 5) is 7.07. The van der Waals surface area contributed by atoms with E-state index in [0.717, 1.165) is 16.7 Å². The molecular weight excluding hydrogens is 356 g/mol. The van der Waals surface area contributed by atoms with Crippen molar-refractivity contribution < 1.29 is 13.2 Å². The van der Waals surface area contributed by atoms with Gasteiger partial charge in [-0.3, -0.25) is 4.99 Å². The molecule has 1 heterocycles. The molecule has 92 valence electrons. The Morgan fingerprint density at radius 2 is 2.06 bits per heavy atom. The van der Waals surface area contributed by atoms with Gasteiger partial charge in [-0.05, 0) is 0 Å². The largest absolute Gasteiger partial charge is 0.434 e. The van der Waals surface area contributed by atoms with Crippen molar-refractivity contribution in [2.24, 2.45) is 16.5 Å². The van der Waals surface area contributed by atoms with Crippen molar-refractivity contribution in [2.45, 2.75) is 12.6 Å². The molecule has 0 aliphatic heterocycles. The van der Waals surface area contributed by atoms with Gasteiger partial charge in [-0.2, -0.15) is 13.2 Å². The molecule has 16 heavy (non-hydrogen) atoms. The first kappa shape index (κ1) is 15.4. The van der Waals surface area contributed by atoms with Gasteiger partial charge in [0.2, 0.25) is 0 Å². The Kier molecular flexibility index (Phi) is 6.00. The molecule has 0 bridgehead atoms. The van der Waals surface area contributed by atoms with E-state index >= 15 is 0 Å². The number of nitrogens with two attached hydrogens (primary N) is 2. The number of hydrogen-bond donors (Lipinski definition) is 2. The van der Waals surface area contributed by atoms with Crippen LogP contribution < -0.4 is 11.5 Å². The van der Waals surface area contributed by atoms with Gasteiger partial charge in [0, 0.05) is 18.3 Å². The van der Waals surface area contributed by atoms with Crippen LogP contribution in [0.5, 0.6) is 0 Å². The Bertz CT molecular complexity index is 359. The molecular formula is C7H10F3IN4S. The zero-order valence-corrected chi connectivity index (χ0v) is 11.1. The lowest BCUT2D eigenvalue weighted by atomic mass is 10.4. The molecule has 0 radical (unpaired) electrons. The maximum Gasteiger partial charge on any atom is 0.434 e. The molecule has 9 heteroatoms. The number of aromatic nitrogens is 1. The van der Waals surface area contributed by atoms with Gasteiger partial charge in [-0.25, -0.2) is 4.98 Å².